The maximum atomic E-state index is 14.0. The van der Waals surface area contributed by atoms with Gasteiger partial charge in [0.25, 0.3) is 0 Å². The number of esters is 2. The van der Waals surface area contributed by atoms with Crippen LogP contribution in [-0.2, 0) is 31.9 Å². The number of rotatable bonds is 13. The number of hydrogen-bond acceptors (Lipinski definition) is 7. The first-order chi connectivity index (χ1) is 21.6. The fraction of sp³-hybridized carbons (Fsp3) is 0.583. The third-order valence-electron chi connectivity index (χ3n) is 8.06. The third-order valence-corrected chi connectivity index (χ3v) is 8.40. The van der Waals surface area contributed by atoms with Crippen LogP contribution in [0.5, 0.6) is 0 Å². The van der Waals surface area contributed by atoms with Gasteiger partial charge in [-0.05, 0) is 89.5 Å². The van der Waals surface area contributed by atoms with Crippen LogP contribution in [0.1, 0.15) is 89.8 Å². The molecule has 0 spiro atoms. The molecule has 2 aromatic carbocycles. The van der Waals surface area contributed by atoms with Crippen LogP contribution in [-0.4, -0.2) is 71.0 Å². The second-order valence-electron chi connectivity index (χ2n) is 14.0. The number of anilines is 1. The maximum absolute atomic E-state index is 14.0. The number of halogens is 2. The predicted molar refractivity (Wildman–Crippen MR) is 186 cm³/mol. The normalized spacial score (nSPS) is 15.2. The molecule has 0 aliphatic heterocycles. The number of nitrogens with zero attached hydrogens (tertiary/aromatic N) is 2. The minimum Gasteiger partial charge on any atom is -0.444 e. The molecule has 0 heterocycles. The van der Waals surface area contributed by atoms with E-state index in [2.05, 4.69) is 17.0 Å². The molecule has 10 heteroatoms. The Morgan fingerprint density at radius 1 is 0.870 bits per heavy atom. The molecule has 1 amide bonds. The lowest BCUT2D eigenvalue weighted by Gasteiger charge is -2.41. The summed E-state index contributed by atoms with van der Waals surface area (Å²) in [6.45, 7) is 12.1. The molecule has 0 saturated heterocycles. The van der Waals surface area contributed by atoms with E-state index in [9.17, 15) is 14.4 Å². The van der Waals surface area contributed by atoms with Crippen molar-refractivity contribution in [2.45, 2.75) is 109 Å². The van der Waals surface area contributed by atoms with E-state index in [0.29, 0.717) is 30.8 Å². The Morgan fingerprint density at radius 2 is 1.48 bits per heavy atom. The van der Waals surface area contributed by atoms with Crippen LogP contribution in [0.2, 0.25) is 0 Å². The number of carbonyl (C=O) groups is 3. The van der Waals surface area contributed by atoms with Gasteiger partial charge in [0.05, 0.1) is 0 Å². The Morgan fingerprint density at radius 3 is 2.02 bits per heavy atom. The summed E-state index contributed by atoms with van der Waals surface area (Å²) in [7, 11) is 0. The molecule has 8 nitrogen and oxygen atoms in total. The van der Waals surface area contributed by atoms with Crippen molar-refractivity contribution in [3.8, 4) is 0 Å². The summed E-state index contributed by atoms with van der Waals surface area (Å²) >= 11 is 12.3. The van der Waals surface area contributed by atoms with Crippen LogP contribution in [0.25, 0.3) is 0 Å². The van der Waals surface area contributed by atoms with Gasteiger partial charge in [-0.3, -0.25) is 4.90 Å². The molecule has 1 aliphatic rings. The van der Waals surface area contributed by atoms with Gasteiger partial charge >= 0.3 is 18.0 Å². The van der Waals surface area contributed by atoms with E-state index in [4.69, 9.17) is 38.4 Å². The fourth-order valence-corrected chi connectivity index (χ4v) is 6.42. The van der Waals surface area contributed by atoms with E-state index in [1.807, 2.05) is 57.2 Å². The van der Waals surface area contributed by atoms with Crippen molar-refractivity contribution in [2.24, 2.45) is 5.73 Å². The van der Waals surface area contributed by atoms with E-state index in [1.54, 1.807) is 20.8 Å². The lowest BCUT2D eigenvalue weighted by atomic mass is 9.91. The van der Waals surface area contributed by atoms with Crippen molar-refractivity contribution < 1.29 is 23.9 Å². The van der Waals surface area contributed by atoms with Crippen molar-refractivity contribution >= 4 is 46.9 Å². The van der Waals surface area contributed by atoms with Crippen LogP contribution in [0, 0.1) is 0 Å². The van der Waals surface area contributed by atoms with Gasteiger partial charge in [-0.2, -0.15) is 0 Å². The zero-order valence-electron chi connectivity index (χ0n) is 28.2. The van der Waals surface area contributed by atoms with Crippen molar-refractivity contribution in [1.82, 2.24) is 4.90 Å². The number of hydrogen-bond donors (Lipinski definition) is 1. The maximum Gasteiger partial charge on any atom is 0.411 e. The topological polar surface area (TPSA) is 102 Å². The Labute approximate surface area is 284 Å². The molecule has 0 unspecified atom stereocenters. The van der Waals surface area contributed by atoms with Gasteiger partial charge < -0.3 is 20.1 Å². The minimum absolute atomic E-state index is 0.113. The summed E-state index contributed by atoms with van der Waals surface area (Å²) in [5, 5.41) is 0. The molecule has 254 valence electrons. The summed E-state index contributed by atoms with van der Waals surface area (Å²) in [6, 6.07) is 13.2. The van der Waals surface area contributed by atoms with Crippen LogP contribution >= 0.6 is 23.2 Å². The highest BCUT2D eigenvalue weighted by atomic mass is 35.5. The molecule has 46 heavy (non-hydrogen) atoms. The lowest BCUT2D eigenvalue weighted by Crippen LogP contribution is -2.57. The van der Waals surface area contributed by atoms with E-state index in [-0.39, 0.29) is 12.8 Å². The van der Waals surface area contributed by atoms with Gasteiger partial charge in [-0.1, -0.05) is 55.3 Å². The smallest absolute Gasteiger partial charge is 0.411 e. The molecule has 0 aromatic heterocycles. The highest BCUT2D eigenvalue weighted by molar-refractivity contribution is 6.18. The Balaban J connectivity index is 2.02. The summed E-state index contributed by atoms with van der Waals surface area (Å²) < 4.78 is 11.2. The van der Waals surface area contributed by atoms with Crippen molar-refractivity contribution in [1.29, 1.82) is 0 Å². The number of benzene rings is 2. The first-order valence-electron chi connectivity index (χ1n) is 16.2. The number of ether oxygens (including phenoxy) is 2. The number of alkyl halides is 2. The molecule has 2 atom stereocenters. The van der Waals surface area contributed by atoms with Crippen LogP contribution in [0.4, 0.5) is 10.5 Å². The van der Waals surface area contributed by atoms with Gasteiger partial charge in [0.15, 0.2) is 0 Å². The van der Waals surface area contributed by atoms with Gasteiger partial charge in [0.2, 0.25) is 0 Å². The summed E-state index contributed by atoms with van der Waals surface area (Å²) in [6.07, 6.45) is 4.08. The number of carbonyl (C=O) groups excluding carboxylic acids is 3. The monoisotopic (exact) mass is 675 g/mol. The van der Waals surface area contributed by atoms with Crippen molar-refractivity contribution in [3.63, 3.8) is 0 Å². The van der Waals surface area contributed by atoms with Gasteiger partial charge in [-0.25, -0.2) is 14.4 Å². The predicted octanol–water partition coefficient (Wildman–Crippen LogP) is 7.21. The highest BCUT2D eigenvalue weighted by Gasteiger charge is 2.42. The summed E-state index contributed by atoms with van der Waals surface area (Å²) in [5.41, 5.74) is 8.46. The first kappa shape index (κ1) is 37.6. The van der Waals surface area contributed by atoms with E-state index in [0.717, 1.165) is 42.5 Å². The second kappa shape index (κ2) is 16.8. The van der Waals surface area contributed by atoms with E-state index in [1.165, 1.54) is 10.5 Å². The Bertz CT molecular complexity index is 1300. The average Bonchev–Trinajstić information content (AvgIpc) is 3.50. The molecule has 3 rings (SSSR count). The molecular weight excluding hydrogens is 625 g/mol. The second-order valence-corrected chi connectivity index (χ2v) is 14.8. The van der Waals surface area contributed by atoms with Crippen molar-refractivity contribution in [2.75, 3.05) is 29.7 Å². The molecule has 0 radical (unpaired) electrons. The molecular formula is C36H51Cl2N3O5. The Hall–Kier alpha value is -2.81. The first-order valence-corrected chi connectivity index (χ1v) is 17.3. The highest BCUT2D eigenvalue weighted by Crippen LogP contribution is 2.40. The summed E-state index contributed by atoms with van der Waals surface area (Å²) in [4.78, 5) is 44.4. The number of nitrogens with two attached hydrogens (primary N) is 1. The molecule has 2 N–H and O–H groups in total. The number of amides is 1. The Kier molecular flexibility index (Phi) is 13.8. The van der Waals surface area contributed by atoms with Crippen LogP contribution < -0.4 is 10.6 Å². The standard InChI is InChI=1S/C36H51Cl2N3O5/c1-35(2,3)41(34(44)46-36(4,5)6)31(33(43)45-32(42)29(39)23-25-12-8-7-9-13-25)24-26-16-17-30(40(20-18-37)21-19-38)28(22-26)27-14-10-11-15-27/h7-9,12-13,16-17,22,27,29,31H,10-11,14-15,18-21,23-24,39H2,1-6H3/t29-,31-/m0/s1. The van der Waals surface area contributed by atoms with Crippen LogP contribution in [0.3, 0.4) is 0 Å². The van der Waals surface area contributed by atoms with E-state index >= 15 is 0 Å². The lowest BCUT2D eigenvalue weighted by molar-refractivity contribution is -0.165. The zero-order chi connectivity index (χ0) is 34.1. The quantitative estimate of drug-likeness (QED) is 0.136. The molecule has 0 bridgehead atoms. The molecule has 1 fully saturated rings. The molecule has 2 aromatic rings. The van der Waals surface area contributed by atoms with Gasteiger partial charge in [-0.15, -0.1) is 23.2 Å². The van der Waals surface area contributed by atoms with Crippen LogP contribution in [0.15, 0.2) is 48.5 Å². The largest absolute Gasteiger partial charge is 0.444 e. The zero-order valence-corrected chi connectivity index (χ0v) is 29.7. The molecule has 1 saturated carbocycles. The molecule has 1 aliphatic carbocycles. The summed E-state index contributed by atoms with van der Waals surface area (Å²) in [5.74, 6) is -0.417. The third kappa shape index (κ3) is 10.9. The average molecular weight is 677 g/mol. The van der Waals surface area contributed by atoms with Gasteiger partial charge in [0, 0.05) is 42.5 Å². The van der Waals surface area contributed by atoms with Gasteiger partial charge in [0.1, 0.15) is 17.7 Å². The fourth-order valence-electron chi connectivity index (χ4n) is 6.02. The SMILES string of the molecule is CC(C)(C)OC(=O)N([C@@H](Cc1ccc(N(CCCl)CCCl)c(C2CCCC2)c1)C(=O)OC(=O)[C@@H](N)Cc1ccccc1)C(C)(C)C. The van der Waals surface area contributed by atoms with E-state index < -0.39 is 41.3 Å². The minimum atomic E-state index is -1.16. The van der Waals surface area contributed by atoms with Crippen molar-refractivity contribution in [3.05, 3.63) is 65.2 Å².